The van der Waals surface area contributed by atoms with Crippen LogP contribution in [0.3, 0.4) is 0 Å². The number of hydrogen-bond donors (Lipinski definition) is 2. The number of aliphatic hydroxyl groups is 1. The Bertz CT molecular complexity index is 583. The number of piperidine rings is 1. The molecule has 0 amide bonds. The topological polar surface area (TPSA) is 57.7 Å². The first-order valence-corrected chi connectivity index (χ1v) is 8.85. The Hall–Kier alpha value is -1.57. The van der Waals surface area contributed by atoms with Gasteiger partial charge in [0.05, 0.1) is 24.3 Å². The lowest BCUT2D eigenvalue weighted by atomic mass is 9.66. The molecule has 124 valence electrons. The summed E-state index contributed by atoms with van der Waals surface area (Å²) >= 11 is 0. The molecule has 1 heterocycles. The molecule has 4 atom stereocenters. The molecule has 2 fully saturated rings. The molecule has 2 aliphatic rings. The molecule has 2 N–H and O–H groups in total. The van der Waals surface area contributed by atoms with E-state index >= 15 is 0 Å². The van der Waals surface area contributed by atoms with E-state index in [2.05, 4.69) is 12.1 Å². The lowest BCUT2D eigenvalue weighted by Gasteiger charge is -2.49. The van der Waals surface area contributed by atoms with Crippen LogP contribution in [0.5, 0.6) is 5.75 Å². The van der Waals surface area contributed by atoms with Crippen molar-refractivity contribution < 1.29 is 14.7 Å². The highest BCUT2D eigenvalue weighted by molar-refractivity contribution is 5.36. The van der Waals surface area contributed by atoms with Gasteiger partial charge in [-0.2, -0.15) is 5.26 Å². The molecule has 0 radical (unpaired) electrons. The van der Waals surface area contributed by atoms with Gasteiger partial charge in [-0.15, -0.1) is 0 Å². The van der Waals surface area contributed by atoms with Crippen molar-refractivity contribution in [2.75, 3.05) is 19.7 Å². The molecular formula is C19H27N2O2+. The number of likely N-dealkylation sites (tertiary alicyclic amines) is 1. The van der Waals surface area contributed by atoms with Gasteiger partial charge in [0, 0.05) is 12.3 Å². The van der Waals surface area contributed by atoms with Crippen molar-refractivity contribution in [1.29, 1.82) is 5.26 Å². The minimum absolute atomic E-state index is 0.149. The van der Waals surface area contributed by atoms with Crippen molar-refractivity contribution in [3.8, 4) is 11.8 Å². The minimum atomic E-state index is -0.568. The van der Waals surface area contributed by atoms with Gasteiger partial charge < -0.3 is 14.7 Å². The highest BCUT2D eigenvalue weighted by atomic mass is 16.5. The first-order valence-electron chi connectivity index (χ1n) is 8.85. The number of nitrogens with one attached hydrogen (secondary N) is 1. The standard InChI is InChI=1S/C19H26N2O2/c1-2-23-17-9-4-3-7-15(17)18-16-8-5-6-10-19(16,22)11-13-21(18)14-12-20/h3-4,7,9,16,18,22H,2,5-6,8,10-11,13-14H2,1H3/p+1/t16-,18-,19-/m0/s1. The predicted molar refractivity (Wildman–Crippen MR) is 88.2 cm³/mol. The maximum Gasteiger partial charge on any atom is 0.165 e. The molecule has 4 heteroatoms. The van der Waals surface area contributed by atoms with E-state index in [1.54, 1.807) is 0 Å². The maximum absolute atomic E-state index is 11.2. The van der Waals surface area contributed by atoms with Gasteiger partial charge >= 0.3 is 0 Å². The van der Waals surface area contributed by atoms with Crippen LogP contribution in [-0.2, 0) is 0 Å². The number of quaternary nitrogens is 1. The molecule has 1 aromatic rings. The zero-order valence-corrected chi connectivity index (χ0v) is 13.9. The van der Waals surface area contributed by atoms with E-state index < -0.39 is 5.60 Å². The van der Waals surface area contributed by atoms with Gasteiger partial charge in [-0.1, -0.05) is 25.0 Å². The third kappa shape index (κ3) is 3.08. The molecule has 1 aromatic carbocycles. The fourth-order valence-electron chi connectivity index (χ4n) is 4.61. The van der Waals surface area contributed by atoms with E-state index in [-0.39, 0.29) is 12.0 Å². The highest BCUT2D eigenvalue weighted by Gasteiger charge is 2.52. The summed E-state index contributed by atoms with van der Waals surface area (Å²) in [6.07, 6.45) is 5.02. The Morgan fingerprint density at radius 1 is 1.35 bits per heavy atom. The first kappa shape index (κ1) is 16.3. The van der Waals surface area contributed by atoms with Crippen LogP contribution in [-0.4, -0.2) is 30.4 Å². The number of para-hydroxylation sites is 1. The number of nitriles is 1. The summed E-state index contributed by atoms with van der Waals surface area (Å²) in [6.45, 7) is 3.96. The lowest BCUT2D eigenvalue weighted by molar-refractivity contribution is -0.938. The van der Waals surface area contributed by atoms with Crippen LogP contribution in [0.15, 0.2) is 24.3 Å². The molecule has 1 saturated heterocycles. The second-order valence-corrected chi connectivity index (χ2v) is 6.90. The number of benzene rings is 1. The largest absolute Gasteiger partial charge is 0.493 e. The van der Waals surface area contributed by atoms with Gasteiger partial charge in [0.15, 0.2) is 6.54 Å². The fourth-order valence-corrected chi connectivity index (χ4v) is 4.61. The molecule has 0 spiro atoms. The SMILES string of the molecule is CCOc1ccccc1[C@H]1[C@@H]2CCCC[C@]2(O)CC[NH+]1CC#N. The molecule has 23 heavy (non-hydrogen) atoms. The molecule has 1 saturated carbocycles. The normalized spacial score (nSPS) is 33.5. The van der Waals surface area contributed by atoms with Crippen LogP contribution in [0.4, 0.5) is 0 Å². The summed E-state index contributed by atoms with van der Waals surface area (Å²) in [4.78, 5) is 1.27. The van der Waals surface area contributed by atoms with Crippen LogP contribution >= 0.6 is 0 Å². The lowest BCUT2D eigenvalue weighted by Crippen LogP contribution is -3.15. The van der Waals surface area contributed by atoms with Crippen molar-refractivity contribution in [1.82, 2.24) is 0 Å². The van der Waals surface area contributed by atoms with Crippen LogP contribution in [0, 0.1) is 17.2 Å². The van der Waals surface area contributed by atoms with E-state index in [9.17, 15) is 10.4 Å². The summed E-state index contributed by atoms with van der Waals surface area (Å²) in [5, 5.41) is 20.4. The predicted octanol–water partition coefficient (Wildman–Crippen LogP) is 1.86. The maximum atomic E-state index is 11.2. The first-order chi connectivity index (χ1) is 11.2. The van der Waals surface area contributed by atoms with Crippen molar-refractivity contribution in [2.24, 2.45) is 5.92 Å². The summed E-state index contributed by atoms with van der Waals surface area (Å²) in [7, 11) is 0. The van der Waals surface area contributed by atoms with Gasteiger partial charge in [0.2, 0.25) is 0 Å². The molecule has 1 aliphatic heterocycles. The average molecular weight is 315 g/mol. The third-order valence-electron chi connectivity index (χ3n) is 5.65. The Labute approximate surface area is 138 Å². The highest BCUT2D eigenvalue weighted by Crippen LogP contribution is 2.45. The Morgan fingerprint density at radius 2 is 2.17 bits per heavy atom. The van der Waals surface area contributed by atoms with E-state index in [0.717, 1.165) is 43.5 Å². The summed E-state index contributed by atoms with van der Waals surface area (Å²) in [6, 6.07) is 10.7. The number of fused-ring (bicyclic) bond motifs is 1. The number of nitrogens with zero attached hydrogens (tertiary/aromatic N) is 1. The molecule has 0 aromatic heterocycles. The number of ether oxygens (including phenoxy) is 1. The van der Waals surface area contributed by atoms with Crippen molar-refractivity contribution >= 4 is 0 Å². The van der Waals surface area contributed by atoms with Gasteiger partial charge in [-0.3, -0.25) is 0 Å². The van der Waals surface area contributed by atoms with E-state index in [1.165, 1.54) is 11.3 Å². The Balaban J connectivity index is 2.01. The zero-order valence-electron chi connectivity index (χ0n) is 13.9. The number of hydrogen-bond acceptors (Lipinski definition) is 3. The van der Waals surface area contributed by atoms with Gasteiger partial charge in [0.25, 0.3) is 0 Å². The van der Waals surface area contributed by atoms with E-state index in [0.29, 0.717) is 13.2 Å². The van der Waals surface area contributed by atoms with Gasteiger partial charge in [-0.25, -0.2) is 0 Å². The van der Waals surface area contributed by atoms with Gasteiger partial charge in [-0.05, 0) is 31.9 Å². The molecule has 0 bridgehead atoms. The second kappa shape index (κ2) is 6.90. The summed E-state index contributed by atoms with van der Waals surface area (Å²) in [5.41, 5.74) is 0.589. The molecule has 1 aliphatic carbocycles. The summed E-state index contributed by atoms with van der Waals surface area (Å²) < 4.78 is 5.85. The van der Waals surface area contributed by atoms with E-state index in [1.807, 2.05) is 25.1 Å². The van der Waals surface area contributed by atoms with E-state index in [4.69, 9.17) is 4.74 Å². The Kier molecular flexibility index (Phi) is 4.89. The van der Waals surface area contributed by atoms with Crippen molar-refractivity contribution in [2.45, 2.75) is 50.7 Å². The molecule has 1 unspecified atom stereocenters. The zero-order chi connectivity index (χ0) is 16.3. The summed E-state index contributed by atoms with van der Waals surface area (Å²) in [5.74, 6) is 1.13. The van der Waals surface area contributed by atoms with Crippen LogP contribution < -0.4 is 9.64 Å². The average Bonchev–Trinajstić information content (AvgIpc) is 2.56. The molecule has 4 nitrogen and oxygen atoms in total. The second-order valence-electron chi connectivity index (χ2n) is 6.90. The van der Waals surface area contributed by atoms with Crippen LogP contribution in [0.1, 0.15) is 50.6 Å². The smallest absolute Gasteiger partial charge is 0.165 e. The van der Waals surface area contributed by atoms with Gasteiger partial charge in [0.1, 0.15) is 17.9 Å². The minimum Gasteiger partial charge on any atom is -0.493 e. The molecular weight excluding hydrogens is 288 g/mol. The Morgan fingerprint density at radius 3 is 2.96 bits per heavy atom. The number of rotatable bonds is 4. The monoisotopic (exact) mass is 315 g/mol. The fraction of sp³-hybridized carbons (Fsp3) is 0.632. The van der Waals surface area contributed by atoms with Crippen molar-refractivity contribution in [3.63, 3.8) is 0 Å². The van der Waals surface area contributed by atoms with Crippen LogP contribution in [0.25, 0.3) is 0 Å². The van der Waals surface area contributed by atoms with Crippen LogP contribution in [0.2, 0.25) is 0 Å². The van der Waals surface area contributed by atoms with Crippen molar-refractivity contribution in [3.05, 3.63) is 29.8 Å². The quantitative estimate of drug-likeness (QED) is 0.834. The third-order valence-corrected chi connectivity index (χ3v) is 5.65. The molecule has 3 rings (SSSR count).